The van der Waals surface area contributed by atoms with Crippen molar-refractivity contribution in [2.45, 2.75) is 79.1 Å². The summed E-state index contributed by atoms with van der Waals surface area (Å²) in [5, 5.41) is 14.2. The van der Waals surface area contributed by atoms with Crippen LogP contribution in [0.3, 0.4) is 0 Å². The number of nitriles is 1. The molecule has 3 aromatic rings. The molecule has 198 valence electrons. The zero-order valence-corrected chi connectivity index (χ0v) is 23.7. The molecular weight excluding hydrogens is 460 g/mol. The fraction of sp³-hybridized carbons (Fsp3) is 0.406. The second kappa shape index (κ2) is 15.5. The minimum absolute atomic E-state index is 0.131. The van der Waals surface area contributed by atoms with Gasteiger partial charge in [-0.2, -0.15) is 5.26 Å². The van der Waals surface area contributed by atoms with Gasteiger partial charge in [0.15, 0.2) is 5.69 Å². The Kier molecular flexibility index (Phi) is 13.1. The van der Waals surface area contributed by atoms with Crippen LogP contribution in [0.1, 0.15) is 107 Å². The fourth-order valence-electron chi connectivity index (χ4n) is 4.02. The van der Waals surface area contributed by atoms with Gasteiger partial charge in [0.05, 0.1) is 24.2 Å². The SMILES string of the molecule is C=C(CC(c1ccccc1)C(C#N)c1ccccc1)c1c(C(=O)OCC)noc1C(C)(C)C.CC.CC. The molecule has 0 saturated heterocycles. The fourth-order valence-corrected chi connectivity index (χ4v) is 4.02. The molecule has 2 aromatic carbocycles. The maximum Gasteiger partial charge on any atom is 0.361 e. The summed E-state index contributed by atoms with van der Waals surface area (Å²) in [5.41, 5.74) is 2.97. The van der Waals surface area contributed by atoms with Gasteiger partial charge in [-0.15, -0.1) is 0 Å². The highest BCUT2D eigenvalue weighted by Gasteiger charge is 2.34. The van der Waals surface area contributed by atoms with E-state index in [0.717, 1.165) is 11.1 Å². The highest BCUT2D eigenvalue weighted by atomic mass is 16.5. The van der Waals surface area contributed by atoms with E-state index in [2.05, 4.69) is 17.8 Å². The third kappa shape index (κ3) is 8.18. The summed E-state index contributed by atoms with van der Waals surface area (Å²) in [6, 6.07) is 22.2. The van der Waals surface area contributed by atoms with Crippen LogP contribution in [0.2, 0.25) is 0 Å². The van der Waals surface area contributed by atoms with Crippen LogP contribution in [0.25, 0.3) is 5.57 Å². The molecule has 1 heterocycles. The molecular formula is C32H42N2O3. The van der Waals surface area contributed by atoms with Crippen LogP contribution in [-0.2, 0) is 10.2 Å². The molecule has 0 spiro atoms. The third-order valence-corrected chi connectivity index (χ3v) is 5.59. The lowest BCUT2D eigenvalue weighted by atomic mass is 9.76. The van der Waals surface area contributed by atoms with E-state index in [4.69, 9.17) is 9.26 Å². The van der Waals surface area contributed by atoms with Gasteiger partial charge in [-0.3, -0.25) is 0 Å². The lowest BCUT2D eigenvalue weighted by molar-refractivity contribution is 0.0514. The number of nitrogens with zero attached hydrogens (tertiary/aromatic N) is 2. The lowest BCUT2D eigenvalue weighted by Crippen LogP contribution is -2.16. The van der Waals surface area contributed by atoms with Crippen LogP contribution >= 0.6 is 0 Å². The first kappa shape index (κ1) is 31.4. The summed E-state index contributed by atoms with van der Waals surface area (Å²) in [6.45, 7) is 20.3. The van der Waals surface area contributed by atoms with Crippen molar-refractivity contribution in [1.82, 2.24) is 5.16 Å². The molecule has 5 heteroatoms. The molecule has 0 aliphatic heterocycles. The van der Waals surface area contributed by atoms with E-state index in [0.29, 0.717) is 23.3 Å². The number of allylic oxidation sites excluding steroid dienone is 1. The molecule has 0 aliphatic carbocycles. The van der Waals surface area contributed by atoms with E-state index < -0.39 is 17.3 Å². The summed E-state index contributed by atoms with van der Waals surface area (Å²) in [6.07, 6.45) is 0.452. The molecule has 1 aromatic heterocycles. The van der Waals surface area contributed by atoms with Gasteiger partial charge in [0.2, 0.25) is 0 Å². The zero-order valence-electron chi connectivity index (χ0n) is 23.7. The third-order valence-electron chi connectivity index (χ3n) is 5.59. The van der Waals surface area contributed by atoms with Gasteiger partial charge in [0, 0.05) is 11.3 Å². The predicted molar refractivity (Wildman–Crippen MR) is 151 cm³/mol. The van der Waals surface area contributed by atoms with E-state index >= 15 is 0 Å². The van der Waals surface area contributed by atoms with Crippen molar-refractivity contribution in [3.05, 3.63) is 95.4 Å². The number of aromatic nitrogens is 1. The maximum absolute atomic E-state index is 12.6. The quantitative estimate of drug-likeness (QED) is 0.288. The highest BCUT2D eigenvalue weighted by molar-refractivity contribution is 5.94. The Hall–Kier alpha value is -3.65. The summed E-state index contributed by atoms with van der Waals surface area (Å²) in [5.74, 6) is -0.530. The normalized spacial score (nSPS) is 12.0. The van der Waals surface area contributed by atoms with Crippen LogP contribution in [0, 0.1) is 11.3 Å². The Balaban J connectivity index is 0.00000163. The molecule has 0 amide bonds. The topological polar surface area (TPSA) is 76.1 Å². The van der Waals surface area contributed by atoms with Crippen LogP contribution in [0.4, 0.5) is 0 Å². The van der Waals surface area contributed by atoms with Gasteiger partial charge >= 0.3 is 5.97 Å². The minimum atomic E-state index is -0.538. The van der Waals surface area contributed by atoms with Gasteiger partial charge in [0.1, 0.15) is 5.76 Å². The number of rotatable bonds is 8. The van der Waals surface area contributed by atoms with Crippen molar-refractivity contribution in [2.24, 2.45) is 0 Å². The van der Waals surface area contributed by atoms with Crippen molar-refractivity contribution >= 4 is 11.5 Å². The number of hydrogen-bond donors (Lipinski definition) is 0. The Morgan fingerprint density at radius 2 is 1.51 bits per heavy atom. The van der Waals surface area contributed by atoms with E-state index in [1.165, 1.54) is 0 Å². The van der Waals surface area contributed by atoms with Gasteiger partial charge < -0.3 is 9.26 Å². The molecule has 3 rings (SSSR count). The van der Waals surface area contributed by atoms with Crippen LogP contribution in [-0.4, -0.2) is 17.7 Å². The van der Waals surface area contributed by atoms with E-state index in [1.54, 1.807) is 6.92 Å². The molecule has 37 heavy (non-hydrogen) atoms. The maximum atomic E-state index is 12.6. The van der Waals surface area contributed by atoms with E-state index in [-0.39, 0.29) is 18.2 Å². The second-order valence-corrected chi connectivity index (χ2v) is 9.05. The van der Waals surface area contributed by atoms with Gasteiger partial charge in [0.25, 0.3) is 0 Å². The molecule has 0 radical (unpaired) electrons. The van der Waals surface area contributed by atoms with Crippen LogP contribution in [0.15, 0.2) is 71.8 Å². The molecule has 2 atom stereocenters. The summed E-state index contributed by atoms with van der Waals surface area (Å²) in [4.78, 5) is 12.6. The largest absolute Gasteiger partial charge is 0.461 e. The van der Waals surface area contributed by atoms with Crippen molar-refractivity contribution in [3.8, 4) is 6.07 Å². The Morgan fingerprint density at radius 1 is 1.00 bits per heavy atom. The summed E-state index contributed by atoms with van der Waals surface area (Å²) < 4.78 is 10.8. The predicted octanol–water partition coefficient (Wildman–Crippen LogP) is 8.70. The van der Waals surface area contributed by atoms with Crippen molar-refractivity contribution < 1.29 is 14.1 Å². The molecule has 0 saturated carbocycles. The van der Waals surface area contributed by atoms with Crippen molar-refractivity contribution in [2.75, 3.05) is 6.61 Å². The van der Waals surface area contributed by atoms with Crippen molar-refractivity contribution in [3.63, 3.8) is 0 Å². The number of hydrogen-bond acceptors (Lipinski definition) is 5. The molecule has 2 unspecified atom stereocenters. The molecule has 0 fully saturated rings. The number of carbonyl (C=O) groups is 1. The van der Waals surface area contributed by atoms with Crippen LogP contribution in [0.5, 0.6) is 0 Å². The van der Waals surface area contributed by atoms with Gasteiger partial charge in [-0.05, 0) is 30.0 Å². The molecule has 5 nitrogen and oxygen atoms in total. The first-order valence-electron chi connectivity index (χ1n) is 13.1. The van der Waals surface area contributed by atoms with E-state index in [9.17, 15) is 10.1 Å². The zero-order chi connectivity index (χ0) is 28.0. The summed E-state index contributed by atoms with van der Waals surface area (Å²) in [7, 11) is 0. The lowest BCUT2D eigenvalue weighted by Gasteiger charge is -2.25. The average molecular weight is 503 g/mol. The van der Waals surface area contributed by atoms with E-state index in [1.807, 2.05) is 109 Å². The molecule has 0 bridgehead atoms. The minimum Gasteiger partial charge on any atom is -0.461 e. The van der Waals surface area contributed by atoms with Gasteiger partial charge in [-0.1, -0.05) is 121 Å². The van der Waals surface area contributed by atoms with Crippen molar-refractivity contribution in [1.29, 1.82) is 5.26 Å². The number of esters is 1. The first-order chi connectivity index (χ1) is 17.8. The summed E-state index contributed by atoms with van der Waals surface area (Å²) >= 11 is 0. The number of ether oxygens (including phenoxy) is 1. The Labute approximate surface area is 223 Å². The highest BCUT2D eigenvalue weighted by Crippen LogP contribution is 2.42. The molecule has 0 N–H and O–H groups in total. The van der Waals surface area contributed by atoms with Crippen LogP contribution < -0.4 is 0 Å². The number of carbonyl (C=O) groups excluding carboxylic acids is 1. The standard InChI is InChI=1S/C28H30N2O3.2C2H6/c1-6-32-27(31)25-24(26(33-30-25)28(3,4)5)19(2)17-22(20-13-9-7-10-14-20)23(18-29)21-15-11-8-12-16-21;2*1-2/h7-16,22-23H,2,6,17H2,1,3-5H3;2*1-2H3. The molecule has 0 aliphatic rings. The second-order valence-electron chi connectivity index (χ2n) is 9.05. The monoisotopic (exact) mass is 502 g/mol. The average Bonchev–Trinajstić information content (AvgIpc) is 3.39. The Bertz CT molecular complexity index is 1140. The van der Waals surface area contributed by atoms with Gasteiger partial charge in [-0.25, -0.2) is 4.79 Å². The Morgan fingerprint density at radius 3 is 1.97 bits per heavy atom. The number of benzene rings is 2. The smallest absolute Gasteiger partial charge is 0.361 e. The first-order valence-corrected chi connectivity index (χ1v) is 13.1.